The number of thioether (sulfide) groups is 1. The Morgan fingerprint density at radius 2 is 2.04 bits per heavy atom. The maximum absolute atomic E-state index is 13.0. The molecule has 1 fully saturated rings. The van der Waals surface area contributed by atoms with Crippen LogP contribution in [0.4, 0.5) is 0 Å². The largest absolute Gasteiger partial charge is 0.334 e. The van der Waals surface area contributed by atoms with Crippen LogP contribution in [0.5, 0.6) is 0 Å². The van der Waals surface area contributed by atoms with Crippen molar-refractivity contribution in [2.45, 2.75) is 50.8 Å². The summed E-state index contributed by atoms with van der Waals surface area (Å²) in [7, 11) is 0. The Balaban J connectivity index is 1.73. The lowest BCUT2D eigenvalue weighted by atomic mass is 10.0. The quantitative estimate of drug-likeness (QED) is 0.870. The normalized spacial score (nSPS) is 18.4. The van der Waals surface area contributed by atoms with Gasteiger partial charge in [-0.25, -0.2) is 0 Å². The minimum Gasteiger partial charge on any atom is -0.334 e. The van der Waals surface area contributed by atoms with Crippen molar-refractivity contribution in [3.8, 4) is 11.3 Å². The molecule has 25 heavy (non-hydrogen) atoms. The standard InChI is InChI=1S/C20H27N3OS/c1-20(2,3)25-14-16-11-7-8-12-23(16)19(24)18-13-17(21-22-18)15-9-5-4-6-10-15/h4-6,9-10,13,16H,7-8,11-12,14H2,1-3H3,(H,21,22)/t16-/m0/s1. The molecule has 1 aromatic heterocycles. The Labute approximate surface area is 154 Å². The van der Waals surface area contributed by atoms with E-state index in [4.69, 9.17) is 0 Å². The number of nitrogens with one attached hydrogen (secondary N) is 1. The summed E-state index contributed by atoms with van der Waals surface area (Å²) in [4.78, 5) is 15.1. The van der Waals surface area contributed by atoms with Gasteiger partial charge in [0.05, 0.1) is 5.69 Å². The summed E-state index contributed by atoms with van der Waals surface area (Å²) in [5, 5.41) is 7.28. The number of H-pyrrole nitrogens is 1. The van der Waals surface area contributed by atoms with Gasteiger partial charge in [-0.1, -0.05) is 51.1 Å². The second-order valence-corrected chi connectivity index (χ2v) is 9.45. The second kappa shape index (κ2) is 7.65. The molecule has 1 aliphatic rings. The fourth-order valence-corrected chi connectivity index (χ4v) is 4.17. The molecule has 1 aliphatic heterocycles. The Kier molecular flexibility index (Phi) is 5.52. The van der Waals surface area contributed by atoms with Crippen LogP contribution in [0.25, 0.3) is 11.3 Å². The summed E-state index contributed by atoms with van der Waals surface area (Å²) >= 11 is 1.94. The third-order valence-corrected chi connectivity index (χ3v) is 5.89. The Morgan fingerprint density at radius 1 is 1.28 bits per heavy atom. The predicted molar refractivity (Wildman–Crippen MR) is 105 cm³/mol. The molecular weight excluding hydrogens is 330 g/mol. The average Bonchev–Trinajstić information content (AvgIpc) is 3.10. The molecule has 0 saturated carbocycles. The number of piperidine rings is 1. The number of carbonyl (C=O) groups excluding carboxylic acids is 1. The van der Waals surface area contributed by atoms with E-state index >= 15 is 0 Å². The van der Waals surface area contributed by atoms with Crippen molar-refractivity contribution in [2.75, 3.05) is 12.3 Å². The first kappa shape index (κ1) is 18.1. The first-order valence-corrected chi connectivity index (χ1v) is 9.98. The van der Waals surface area contributed by atoms with Crippen LogP contribution in [0.2, 0.25) is 0 Å². The molecule has 2 heterocycles. The molecule has 0 aliphatic carbocycles. The number of rotatable bonds is 4. The van der Waals surface area contributed by atoms with Gasteiger partial charge in [-0.05, 0) is 25.3 Å². The molecule has 134 valence electrons. The second-order valence-electron chi connectivity index (χ2n) is 7.60. The van der Waals surface area contributed by atoms with Crippen molar-refractivity contribution in [3.05, 3.63) is 42.1 Å². The van der Waals surface area contributed by atoms with Gasteiger partial charge in [-0.15, -0.1) is 0 Å². The summed E-state index contributed by atoms with van der Waals surface area (Å²) in [5.41, 5.74) is 2.43. The van der Waals surface area contributed by atoms with Crippen molar-refractivity contribution in [1.82, 2.24) is 15.1 Å². The lowest BCUT2D eigenvalue weighted by Crippen LogP contribution is -2.45. The van der Waals surface area contributed by atoms with E-state index in [-0.39, 0.29) is 10.7 Å². The lowest BCUT2D eigenvalue weighted by Gasteiger charge is -2.36. The van der Waals surface area contributed by atoms with Gasteiger partial charge in [0.15, 0.2) is 0 Å². The maximum Gasteiger partial charge on any atom is 0.272 e. The van der Waals surface area contributed by atoms with E-state index in [0.29, 0.717) is 11.7 Å². The fourth-order valence-electron chi connectivity index (χ4n) is 3.13. The van der Waals surface area contributed by atoms with Crippen molar-refractivity contribution in [2.24, 2.45) is 0 Å². The van der Waals surface area contributed by atoms with Gasteiger partial charge in [-0.3, -0.25) is 9.89 Å². The first-order valence-electron chi connectivity index (χ1n) is 9.00. The maximum atomic E-state index is 13.0. The molecule has 3 rings (SSSR count). The molecule has 1 N–H and O–H groups in total. The lowest BCUT2D eigenvalue weighted by molar-refractivity contribution is 0.0634. The number of benzene rings is 1. The first-order chi connectivity index (χ1) is 11.9. The van der Waals surface area contributed by atoms with Crippen molar-refractivity contribution in [3.63, 3.8) is 0 Å². The molecule has 0 radical (unpaired) electrons. The van der Waals surface area contributed by atoms with E-state index in [1.54, 1.807) is 0 Å². The van der Waals surface area contributed by atoms with Gasteiger partial charge in [-0.2, -0.15) is 16.9 Å². The molecule has 1 aromatic carbocycles. The number of nitrogens with zero attached hydrogens (tertiary/aromatic N) is 2. The van der Waals surface area contributed by atoms with Gasteiger partial charge in [0.2, 0.25) is 0 Å². The van der Waals surface area contributed by atoms with Crippen LogP contribution in [0.3, 0.4) is 0 Å². The molecule has 1 atom stereocenters. The van der Waals surface area contributed by atoms with Gasteiger partial charge in [0, 0.05) is 28.6 Å². The van der Waals surface area contributed by atoms with Crippen LogP contribution in [0.15, 0.2) is 36.4 Å². The van der Waals surface area contributed by atoms with Crippen LogP contribution in [-0.2, 0) is 0 Å². The van der Waals surface area contributed by atoms with Crippen LogP contribution < -0.4 is 0 Å². The molecule has 2 aromatic rings. The van der Waals surface area contributed by atoms with Gasteiger partial charge < -0.3 is 4.90 Å². The van der Waals surface area contributed by atoms with Crippen LogP contribution in [0, 0.1) is 0 Å². The predicted octanol–water partition coefficient (Wildman–Crippen LogP) is 4.60. The Hall–Kier alpha value is -1.75. The SMILES string of the molecule is CC(C)(C)SC[C@@H]1CCCCN1C(=O)c1cc(-c2ccccc2)n[nH]1. The van der Waals surface area contributed by atoms with Gasteiger partial charge in [0.1, 0.15) is 5.69 Å². The average molecular weight is 358 g/mol. The summed E-state index contributed by atoms with van der Waals surface area (Å²) in [6.07, 6.45) is 3.38. The Bertz CT molecular complexity index is 705. The van der Waals surface area contributed by atoms with Crippen molar-refractivity contribution >= 4 is 17.7 Å². The zero-order valence-electron chi connectivity index (χ0n) is 15.3. The molecular formula is C20H27N3OS. The topological polar surface area (TPSA) is 49.0 Å². The number of aromatic amines is 1. The molecule has 0 bridgehead atoms. The number of aromatic nitrogens is 2. The summed E-state index contributed by atoms with van der Waals surface area (Å²) in [6.45, 7) is 7.53. The van der Waals surface area contributed by atoms with E-state index in [0.717, 1.165) is 36.4 Å². The highest BCUT2D eigenvalue weighted by Crippen LogP contribution is 2.29. The highest BCUT2D eigenvalue weighted by Gasteiger charge is 2.29. The molecule has 4 nitrogen and oxygen atoms in total. The van der Waals surface area contributed by atoms with E-state index < -0.39 is 0 Å². The van der Waals surface area contributed by atoms with E-state index in [9.17, 15) is 4.79 Å². The third-order valence-electron chi connectivity index (χ3n) is 4.47. The molecule has 1 amide bonds. The highest BCUT2D eigenvalue weighted by atomic mass is 32.2. The zero-order valence-corrected chi connectivity index (χ0v) is 16.1. The molecule has 1 saturated heterocycles. The monoisotopic (exact) mass is 357 g/mol. The van der Waals surface area contributed by atoms with Crippen LogP contribution in [-0.4, -0.2) is 44.1 Å². The third kappa shape index (κ3) is 4.66. The number of amides is 1. The smallest absolute Gasteiger partial charge is 0.272 e. The molecule has 0 unspecified atom stereocenters. The zero-order chi connectivity index (χ0) is 17.9. The van der Waals surface area contributed by atoms with Crippen molar-refractivity contribution in [1.29, 1.82) is 0 Å². The van der Waals surface area contributed by atoms with E-state index in [1.807, 2.05) is 53.1 Å². The van der Waals surface area contributed by atoms with E-state index in [1.165, 1.54) is 6.42 Å². The molecule has 5 heteroatoms. The summed E-state index contributed by atoms with van der Waals surface area (Å²) in [5.74, 6) is 1.07. The van der Waals surface area contributed by atoms with Gasteiger partial charge in [0.25, 0.3) is 5.91 Å². The Morgan fingerprint density at radius 3 is 2.76 bits per heavy atom. The number of hydrogen-bond acceptors (Lipinski definition) is 3. The fraction of sp³-hybridized carbons (Fsp3) is 0.500. The number of likely N-dealkylation sites (tertiary alicyclic amines) is 1. The highest BCUT2D eigenvalue weighted by molar-refractivity contribution is 8.00. The van der Waals surface area contributed by atoms with E-state index in [2.05, 4.69) is 31.0 Å². The van der Waals surface area contributed by atoms with Crippen molar-refractivity contribution < 1.29 is 4.79 Å². The van der Waals surface area contributed by atoms with Gasteiger partial charge >= 0.3 is 0 Å². The van der Waals surface area contributed by atoms with Crippen LogP contribution >= 0.6 is 11.8 Å². The minimum atomic E-state index is 0.0777. The number of carbonyl (C=O) groups is 1. The minimum absolute atomic E-state index is 0.0777. The summed E-state index contributed by atoms with van der Waals surface area (Å²) < 4.78 is 0.223. The number of hydrogen-bond donors (Lipinski definition) is 1. The van der Waals surface area contributed by atoms with Crippen LogP contribution in [0.1, 0.15) is 50.5 Å². The molecule has 0 spiro atoms. The summed E-state index contributed by atoms with van der Waals surface area (Å²) in [6, 6.07) is 12.1.